The highest BCUT2D eigenvalue weighted by molar-refractivity contribution is 5.99. The minimum Gasteiger partial charge on any atom is -0.374 e. The summed E-state index contributed by atoms with van der Waals surface area (Å²) in [6, 6.07) is 6.75. The first-order chi connectivity index (χ1) is 14.0. The average Bonchev–Trinajstić information content (AvgIpc) is 3.33. The van der Waals surface area contributed by atoms with Gasteiger partial charge < -0.3 is 9.72 Å². The first kappa shape index (κ1) is 18.9. The van der Waals surface area contributed by atoms with E-state index in [1.54, 1.807) is 5.01 Å². The highest BCUT2D eigenvalue weighted by atomic mass is 16.5. The summed E-state index contributed by atoms with van der Waals surface area (Å²) in [6.07, 6.45) is 8.01. The number of fused-ring (bicyclic) bond motifs is 2. The average molecular weight is 395 g/mol. The van der Waals surface area contributed by atoms with Crippen LogP contribution in [0.5, 0.6) is 0 Å². The standard InChI is InChI=1S/C23H30N4O2/c1-14-7-8-17(29-14)12-25-27(3)23(28)16-9-19-18-5-4-6-20-22(18)15(11-24-20)10-21(19)26(2)13-16/h4-6,9,11,14,16-17,21,24-25H,7-8,10,12-13H2,1-3H3/t14-,16+,17-,21+/m0/s1. The smallest absolute Gasteiger partial charge is 0.244 e. The van der Waals surface area contributed by atoms with Crippen LogP contribution in [0.3, 0.4) is 0 Å². The summed E-state index contributed by atoms with van der Waals surface area (Å²) in [7, 11) is 3.97. The zero-order valence-corrected chi connectivity index (χ0v) is 17.4. The third-order valence-electron chi connectivity index (χ3n) is 6.79. The van der Waals surface area contributed by atoms with Crippen molar-refractivity contribution in [3.8, 4) is 0 Å². The summed E-state index contributed by atoms with van der Waals surface area (Å²) in [5.74, 6) is -0.0381. The van der Waals surface area contributed by atoms with Crippen molar-refractivity contribution in [2.75, 3.05) is 27.2 Å². The van der Waals surface area contributed by atoms with Gasteiger partial charge in [0.15, 0.2) is 0 Å². The van der Waals surface area contributed by atoms with Crippen LogP contribution in [-0.2, 0) is 16.0 Å². The Kier molecular flexibility index (Phi) is 4.73. The van der Waals surface area contributed by atoms with E-state index in [4.69, 9.17) is 4.74 Å². The van der Waals surface area contributed by atoms with Crippen molar-refractivity contribution in [1.29, 1.82) is 0 Å². The minimum atomic E-state index is -0.150. The van der Waals surface area contributed by atoms with Crippen molar-refractivity contribution in [3.63, 3.8) is 0 Å². The molecule has 1 fully saturated rings. The summed E-state index contributed by atoms with van der Waals surface area (Å²) < 4.78 is 5.86. The number of carbonyl (C=O) groups excluding carboxylic acids is 1. The van der Waals surface area contributed by atoms with Crippen molar-refractivity contribution in [2.24, 2.45) is 5.92 Å². The Hall–Kier alpha value is -2.15. The third kappa shape index (κ3) is 3.29. The number of nitrogens with zero attached hydrogens (tertiary/aromatic N) is 2. The molecule has 3 aliphatic rings. The molecular formula is C23H30N4O2. The zero-order chi connectivity index (χ0) is 20.1. The highest BCUT2D eigenvalue weighted by Gasteiger charge is 2.36. The maximum absolute atomic E-state index is 13.2. The number of amides is 1. The van der Waals surface area contributed by atoms with Gasteiger partial charge in [0.1, 0.15) is 0 Å². The number of carbonyl (C=O) groups is 1. The normalized spacial score (nSPS) is 29.0. The molecule has 0 bridgehead atoms. The maximum atomic E-state index is 13.2. The third-order valence-corrected chi connectivity index (χ3v) is 6.79. The predicted octanol–water partition coefficient (Wildman–Crippen LogP) is 2.57. The Morgan fingerprint density at radius 2 is 2.24 bits per heavy atom. The van der Waals surface area contributed by atoms with Crippen molar-refractivity contribution in [3.05, 3.63) is 41.6 Å². The molecule has 0 radical (unpaired) electrons. The fourth-order valence-electron chi connectivity index (χ4n) is 5.21. The number of rotatable bonds is 4. The summed E-state index contributed by atoms with van der Waals surface area (Å²) in [5.41, 5.74) is 8.37. The van der Waals surface area contributed by atoms with Crippen LogP contribution in [0, 0.1) is 5.92 Å². The summed E-state index contributed by atoms with van der Waals surface area (Å²) in [4.78, 5) is 18.9. The van der Waals surface area contributed by atoms with Crippen LogP contribution in [0.2, 0.25) is 0 Å². The van der Waals surface area contributed by atoms with Gasteiger partial charge in [-0.15, -0.1) is 0 Å². The van der Waals surface area contributed by atoms with Gasteiger partial charge in [-0.25, -0.2) is 5.43 Å². The monoisotopic (exact) mass is 394 g/mol. The predicted molar refractivity (Wildman–Crippen MR) is 114 cm³/mol. The lowest BCUT2D eigenvalue weighted by atomic mass is 9.80. The second-order valence-corrected chi connectivity index (χ2v) is 8.84. The Labute approximate surface area is 171 Å². The van der Waals surface area contributed by atoms with Crippen LogP contribution >= 0.6 is 0 Å². The van der Waals surface area contributed by atoms with E-state index >= 15 is 0 Å². The summed E-state index contributed by atoms with van der Waals surface area (Å²) >= 11 is 0. The molecular weight excluding hydrogens is 364 g/mol. The molecule has 0 spiro atoms. The van der Waals surface area contributed by atoms with Gasteiger partial charge >= 0.3 is 0 Å². The van der Waals surface area contributed by atoms with Gasteiger partial charge in [0.25, 0.3) is 0 Å². The van der Waals surface area contributed by atoms with Gasteiger partial charge in [0, 0.05) is 43.3 Å². The summed E-state index contributed by atoms with van der Waals surface area (Å²) in [5, 5.41) is 2.98. The van der Waals surface area contributed by atoms with Crippen molar-refractivity contribution >= 4 is 22.4 Å². The van der Waals surface area contributed by atoms with E-state index in [0.717, 1.165) is 25.8 Å². The second-order valence-electron chi connectivity index (χ2n) is 8.84. The summed E-state index contributed by atoms with van der Waals surface area (Å²) in [6.45, 7) is 3.53. The quantitative estimate of drug-likeness (QED) is 0.783. The molecule has 0 unspecified atom stereocenters. The number of ether oxygens (including phenoxy) is 1. The van der Waals surface area contributed by atoms with E-state index in [2.05, 4.69) is 59.8 Å². The van der Waals surface area contributed by atoms with Crippen LogP contribution in [-0.4, -0.2) is 66.2 Å². The lowest BCUT2D eigenvalue weighted by molar-refractivity contribution is -0.136. The Morgan fingerprint density at radius 1 is 1.38 bits per heavy atom. The molecule has 1 amide bonds. The van der Waals surface area contributed by atoms with Gasteiger partial charge in [0.05, 0.1) is 18.1 Å². The molecule has 1 aliphatic carbocycles. The van der Waals surface area contributed by atoms with Crippen molar-refractivity contribution in [2.45, 2.75) is 44.4 Å². The van der Waals surface area contributed by atoms with Crippen LogP contribution in [0.4, 0.5) is 0 Å². The second kappa shape index (κ2) is 7.27. The van der Waals surface area contributed by atoms with Crippen LogP contribution < -0.4 is 5.43 Å². The van der Waals surface area contributed by atoms with Crippen LogP contribution in [0.25, 0.3) is 16.5 Å². The molecule has 4 atom stereocenters. The van der Waals surface area contributed by atoms with E-state index < -0.39 is 0 Å². The largest absolute Gasteiger partial charge is 0.374 e. The van der Waals surface area contributed by atoms with Crippen molar-refractivity contribution < 1.29 is 9.53 Å². The number of nitrogens with one attached hydrogen (secondary N) is 2. The molecule has 0 saturated carbocycles. The van der Waals surface area contributed by atoms with E-state index in [9.17, 15) is 4.79 Å². The number of hydrogen-bond acceptors (Lipinski definition) is 4. The molecule has 1 aromatic carbocycles. The number of aromatic nitrogens is 1. The molecule has 29 heavy (non-hydrogen) atoms. The molecule has 2 aliphatic heterocycles. The van der Waals surface area contributed by atoms with Gasteiger partial charge in [0.2, 0.25) is 5.91 Å². The van der Waals surface area contributed by atoms with E-state index in [1.807, 2.05) is 7.05 Å². The number of H-pyrrole nitrogens is 1. The SMILES string of the molecule is C[C@H]1CC[C@@H](CNN(C)C(=O)[C@@H]2C=C3c4cccc5[nH]cc(c45)C[C@H]3N(C)C2)O1. The number of benzene rings is 1. The van der Waals surface area contributed by atoms with Gasteiger partial charge in [-0.2, -0.15) is 0 Å². The van der Waals surface area contributed by atoms with Gasteiger partial charge in [-0.1, -0.05) is 18.2 Å². The highest BCUT2D eigenvalue weighted by Crippen LogP contribution is 2.40. The van der Waals surface area contributed by atoms with E-state index in [-0.39, 0.29) is 17.9 Å². The maximum Gasteiger partial charge on any atom is 0.244 e. The number of hydrogen-bond donors (Lipinski definition) is 2. The van der Waals surface area contributed by atoms with Crippen LogP contribution in [0.15, 0.2) is 30.5 Å². The first-order valence-corrected chi connectivity index (χ1v) is 10.7. The number of hydrazine groups is 1. The zero-order valence-electron chi connectivity index (χ0n) is 17.4. The van der Waals surface area contributed by atoms with Gasteiger partial charge in [-0.05, 0) is 56.0 Å². The molecule has 3 heterocycles. The molecule has 5 rings (SSSR count). The number of likely N-dealkylation sites (N-methyl/N-ethyl adjacent to an activating group) is 1. The lowest BCUT2D eigenvalue weighted by Gasteiger charge is -2.40. The van der Waals surface area contributed by atoms with Crippen molar-refractivity contribution in [1.82, 2.24) is 20.3 Å². The Morgan fingerprint density at radius 3 is 3.03 bits per heavy atom. The Balaban J connectivity index is 1.36. The topological polar surface area (TPSA) is 60.6 Å². The van der Waals surface area contributed by atoms with Crippen LogP contribution in [0.1, 0.15) is 30.9 Å². The molecule has 6 nitrogen and oxygen atoms in total. The molecule has 2 aromatic rings. The van der Waals surface area contributed by atoms with E-state index in [0.29, 0.717) is 18.7 Å². The lowest BCUT2D eigenvalue weighted by Crippen LogP contribution is -2.50. The van der Waals surface area contributed by atoms with E-state index in [1.165, 1.54) is 27.6 Å². The number of aromatic amines is 1. The molecule has 6 heteroatoms. The fraction of sp³-hybridized carbons (Fsp3) is 0.522. The molecule has 2 N–H and O–H groups in total. The fourth-order valence-corrected chi connectivity index (χ4v) is 5.21. The molecule has 1 aromatic heterocycles. The minimum absolute atomic E-state index is 0.112. The first-order valence-electron chi connectivity index (χ1n) is 10.7. The van der Waals surface area contributed by atoms with Gasteiger partial charge in [-0.3, -0.25) is 14.7 Å². The molecule has 154 valence electrons. The Bertz CT molecular complexity index is 965. The molecule has 1 saturated heterocycles.